The van der Waals surface area contributed by atoms with Crippen molar-refractivity contribution in [2.45, 2.75) is 6.92 Å². The first-order valence-corrected chi connectivity index (χ1v) is 6.97. The van der Waals surface area contributed by atoms with Crippen LogP contribution in [0.4, 0.5) is 5.69 Å². The number of nitrogens with zero attached hydrogens (tertiary/aromatic N) is 2. The zero-order valence-electron chi connectivity index (χ0n) is 12.1. The third-order valence-electron chi connectivity index (χ3n) is 3.26. The van der Waals surface area contributed by atoms with E-state index in [1.165, 1.54) is 0 Å². The Bertz CT molecular complexity index is 778. The van der Waals surface area contributed by atoms with Gasteiger partial charge in [0.1, 0.15) is 0 Å². The van der Waals surface area contributed by atoms with Gasteiger partial charge in [-0.25, -0.2) is 4.99 Å². The van der Waals surface area contributed by atoms with Crippen molar-refractivity contribution >= 4 is 35.7 Å². The Morgan fingerprint density at radius 3 is 2.76 bits per heavy atom. The lowest BCUT2D eigenvalue weighted by atomic mass is 9.94. The largest absolute Gasteiger partial charge is 0.687 e. The molecule has 0 aliphatic heterocycles. The average Bonchev–Trinajstić information content (AvgIpc) is 2.48. The first kappa shape index (κ1) is 15.0. The van der Waals surface area contributed by atoms with Gasteiger partial charge in [-0.3, -0.25) is 0 Å². The summed E-state index contributed by atoms with van der Waals surface area (Å²) >= 11 is 4.61. The molecule has 1 aliphatic carbocycles. The van der Waals surface area contributed by atoms with Crippen molar-refractivity contribution in [3.8, 4) is 0 Å². The first-order chi connectivity index (χ1) is 10.1. The lowest BCUT2D eigenvalue weighted by Gasteiger charge is -2.21. The summed E-state index contributed by atoms with van der Waals surface area (Å²) in [7, 11) is 1.78. The molecular formula is C18H16N2S-2. The number of hydrogen-bond acceptors (Lipinski definition) is 2. The van der Waals surface area contributed by atoms with Crippen molar-refractivity contribution in [1.82, 2.24) is 0 Å². The third-order valence-corrected chi connectivity index (χ3v) is 3.35. The summed E-state index contributed by atoms with van der Waals surface area (Å²) in [6.07, 6.45) is 10.1. The lowest BCUT2D eigenvalue weighted by Crippen LogP contribution is -2.21. The van der Waals surface area contributed by atoms with Crippen LogP contribution in [0.1, 0.15) is 6.92 Å². The van der Waals surface area contributed by atoms with Gasteiger partial charge in [0.15, 0.2) is 0 Å². The lowest BCUT2D eigenvalue weighted by molar-refractivity contribution is 1.20. The van der Waals surface area contributed by atoms with Gasteiger partial charge in [-0.1, -0.05) is 37.8 Å². The molecule has 0 radical (unpaired) electrons. The van der Waals surface area contributed by atoms with Crippen LogP contribution >= 0.6 is 12.2 Å². The van der Waals surface area contributed by atoms with Gasteiger partial charge in [0.2, 0.25) is 0 Å². The van der Waals surface area contributed by atoms with Crippen LogP contribution in [-0.4, -0.2) is 12.2 Å². The highest BCUT2D eigenvalue weighted by Gasteiger charge is 1.99. The molecule has 0 saturated heterocycles. The first-order valence-electron chi connectivity index (χ1n) is 6.56. The summed E-state index contributed by atoms with van der Waals surface area (Å²) in [6.45, 7) is 6.10. The SMILES string of the molecule is C=c1cc([N-]C)ccc1=CC=C1C=CC(N=C=S)=C[C-]1C. The van der Waals surface area contributed by atoms with Gasteiger partial charge in [-0.15, -0.1) is 48.5 Å². The summed E-state index contributed by atoms with van der Waals surface area (Å²) in [5, 5.41) is 8.58. The van der Waals surface area contributed by atoms with Gasteiger partial charge < -0.3 is 5.32 Å². The maximum atomic E-state index is 4.61. The summed E-state index contributed by atoms with van der Waals surface area (Å²) < 4.78 is 0. The molecule has 0 atom stereocenters. The molecule has 0 fully saturated rings. The molecule has 106 valence electrons. The summed E-state index contributed by atoms with van der Waals surface area (Å²) in [6, 6.07) is 5.99. The van der Waals surface area contributed by atoms with Crippen LogP contribution in [0.2, 0.25) is 0 Å². The Labute approximate surface area is 130 Å². The van der Waals surface area contributed by atoms with Crippen molar-refractivity contribution < 1.29 is 0 Å². The monoisotopic (exact) mass is 292 g/mol. The van der Waals surface area contributed by atoms with Crippen molar-refractivity contribution in [2.24, 2.45) is 4.99 Å². The Balaban J connectivity index is 2.30. The van der Waals surface area contributed by atoms with Crippen LogP contribution in [0, 0.1) is 5.92 Å². The topological polar surface area (TPSA) is 26.5 Å². The Kier molecular flexibility index (Phi) is 4.94. The fourth-order valence-corrected chi connectivity index (χ4v) is 2.15. The van der Waals surface area contributed by atoms with Gasteiger partial charge in [0.05, 0.1) is 5.16 Å². The van der Waals surface area contributed by atoms with Crippen LogP contribution in [0.15, 0.2) is 58.8 Å². The minimum absolute atomic E-state index is 0.825. The van der Waals surface area contributed by atoms with Crippen LogP contribution in [0.3, 0.4) is 0 Å². The van der Waals surface area contributed by atoms with E-state index in [9.17, 15) is 0 Å². The van der Waals surface area contributed by atoms with E-state index in [-0.39, 0.29) is 0 Å². The Morgan fingerprint density at radius 2 is 2.14 bits per heavy atom. The van der Waals surface area contributed by atoms with E-state index in [0.29, 0.717) is 0 Å². The number of hydrogen-bond donors (Lipinski definition) is 0. The number of isothiocyanates is 1. The van der Waals surface area contributed by atoms with E-state index in [4.69, 9.17) is 0 Å². The van der Waals surface area contributed by atoms with E-state index in [2.05, 4.69) is 46.4 Å². The van der Waals surface area contributed by atoms with Crippen LogP contribution < -0.4 is 10.4 Å². The van der Waals surface area contributed by atoms with Crippen molar-refractivity contribution in [3.63, 3.8) is 0 Å². The maximum Gasteiger partial charge on any atom is 0.0538 e. The number of aliphatic imine (C=N–C) groups is 1. The second-order valence-corrected chi connectivity index (χ2v) is 4.87. The molecule has 1 aromatic rings. The van der Waals surface area contributed by atoms with Crippen LogP contribution in [0.25, 0.3) is 18.0 Å². The van der Waals surface area contributed by atoms with E-state index in [1.807, 2.05) is 43.4 Å². The summed E-state index contributed by atoms with van der Waals surface area (Å²) in [5.74, 6) is 1.14. The number of thiocarbonyl (C=S) groups is 1. The summed E-state index contributed by atoms with van der Waals surface area (Å²) in [5.41, 5.74) is 2.91. The van der Waals surface area contributed by atoms with Crippen LogP contribution in [-0.2, 0) is 0 Å². The molecule has 0 bridgehead atoms. The van der Waals surface area contributed by atoms with Crippen molar-refractivity contribution in [1.29, 1.82) is 0 Å². The Hall–Kier alpha value is -2.35. The number of allylic oxidation sites excluding steroid dienone is 5. The van der Waals surface area contributed by atoms with Crippen molar-refractivity contribution in [3.05, 3.63) is 75.4 Å². The number of rotatable bonds is 3. The molecular weight excluding hydrogens is 276 g/mol. The standard InChI is InChI=1S/C18H16N2S/c1-13-10-17(19-3)8-6-15(13)4-5-16-7-9-18(20-12-21)11-14(16)2/h4-11H,1H2,2-3H3/q-2. The fraction of sp³-hybridized carbons (Fsp3) is 0.111. The van der Waals surface area contributed by atoms with E-state index < -0.39 is 0 Å². The average molecular weight is 292 g/mol. The minimum Gasteiger partial charge on any atom is -0.687 e. The molecule has 1 aliphatic rings. The molecule has 0 spiro atoms. The van der Waals surface area contributed by atoms with Crippen LogP contribution in [0.5, 0.6) is 0 Å². The smallest absolute Gasteiger partial charge is 0.0538 e. The molecule has 0 saturated carbocycles. The van der Waals surface area contributed by atoms with E-state index in [1.54, 1.807) is 7.05 Å². The predicted octanol–water partition coefficient (Wildman–Crippen LogP) is 3.59. The normalized spacial score (nSPS) is 16.7. The molecule has 0 amide bonds. The molecule has 2 rings (SSSR count). The third kappa shape index (κ3) is 3.82. The highest BCUT2D eigenvalue weighted by atomic mass is 32.1. The second-order valence-electron chi connectivity index (χ2n) is 4.68. The van der Waals surface area contributed by atoms with Gasteiger partial charge in [-0.2, -0.15) is 0 Å². The molecule has 0 N–H and O–H groups in total. The molecule has 2 nitrogen and oxygen atoms in total. The maximum absolute atomic E-state index is 4.61. The fourth-order valence-electron chi connectivity index (χ4n) is 2.04. The molecule has 0 heterocycles. The molecule has 1 aromatic carbocycles. The zero-order valence-corrected chi connectivity index (χ0v) is 12.9. The number of benzene rings is 1. The van der Waals surface area contributed by atoms with Gasteiger partial charge in [0, 0.05) is 0 Å². The molecule has 21 heavy (non-hydrogen) atoms. The second kappa shape index (κ2) is 6.89. The molecule has 3 heteroatoms. The quantitative estimate of drug-likeness (QED) is 0.475. The Morgan fingerprint density at radius 1 is 1.33 bits per heavy atom. The minimum atomic E-state index is 0.825. The highest BCUT2D eigenvalue weighted by Crippen LogP contribution is 2.24. The zero-order chi connectivity index (χ0) is 15.2. The van der Waals surface area contributed by atoms with Gasteiger partial charge >= 0.3 is 0 Å². The predicted molar refractivity (Wildman–Crippen MR) is 93.9 cm³/mol. The van der Waals surface area contributed by atoms with Crippen molar-refractivity contribution in [2.75, 3.05) is 7.05 Å². The molecule has 0 aromatic heterocycles. The van der Waals surface area contributed by atoms with Gasteiger partial charge in [-0.05, 0) is 28.4 Å². The highest BCUT2D eigenvalue weighted by molar-refractivity contribution is 7.78. The molecule has 0 unspecified atom stereocenters. The van der Waals surface area contributed by atoms with Gasteiger partial charge in [0.25, 0.3) is 0 Å². The van der Waals surface area contributed by atoms with E-state index in [0.717, 1.165) is 33.3 Å². The van der Waals surface area contributed by atoms with E-state index >= 15 is 0 Å². The summed E-state index contributed by atoms with van der Waals surface area (Å²) in [4.78, 5) is 3.98.